The lowest BCUT2D eigenvalue weighted by atomic mass is 10.2. The first-order valence-corrected chi connectivity index (χ1v) is 7.30. The molecule has 0 spiro atoms. The summed E-state index contributed by atoms with van der Waals surface area (Å²) < 4.78 is 15.3. The number of hydrogen-bond acceptors (Lipinski definition) is 3. The van der Waals surface area contributed by atoms with Crippen LogP contribution in [-0.4, -0.2) is 51.1 Å². The highest BCUT2D eigenvalue weighted by molar-refractivity contribution is 5.92. The summed E-state index contributed by atoms with van der Waals surface area (Å²) in [5.74, 6) is -0.277. The first-order chi connectivity index (χ1) is 9.69. The van der Waals surface area contributed by atoms with Crippen LogP contribution in [-0.2, 0) is 0 Å². The average Bonchev–Trinajstić information content (AvgIpc) is 3.17. The van der Waals surface area contributed by atoms with Crippen molar-refractivity contribution in [3.05, 3.63) is 18.0 Å². The van der Waals surface area contributed by atoms with Crippen LogP contribution in [0.4, 0.5) is 4.39 Å². The van der Waals surface area contributed by atoms with Gasteiger partial charge in [0.25, 0.3) is 5.91 Å². The maximum absolute atomic E-state index is 13.4. The van der Waals surface area contributed by atoms with Crippen molar-refractivity contribution in [2.24, 2.45) is 0 Å². The Morgan fingerprint density at radius 3 is 2.90 bits per heavy atom. The number of rotatable bonds is 3. The van der Waals surface area contributed by atoms with Gasteiger partial charge in [0.2, 0.25) is 0 Å². The topological polar surface area (TPSA) is 58.4 Å². The number of hydrogen-bond donors (Lipinski definition) is 1. The Hall–Kier alpha value is -1.43. The molecule has 1 aromatic rings. The van der Waals surface area contributed by atoms with Gasteiger partial charge in [0.05, 0.1) is 25.2 Å². The number of halogens is 1. The molecule has 3 rings (SSSR count). The summed E-state index contributed by atoms with van der Waals surface area (Å²) >= 11 is 0. The molecule has 2 atom stereocenters. The van der Waals surface area contributed by atoms with Crippen LogP contribution >= 0.6 is 0 Å². The predicted molar refractivity (Wildman–Crippen MR) is 71.2 cm³/mol. The molecular formula is C14H20FN3O2. The number of carbonyl (C=O) groups is 1. The highest BCUT2D eigenvalue weighted by Gasteiger charge is 2.36. The van der Waals surface area contributed by atoms with Crippen LogP contribution in [0.2, 0.25) is 0 Å². The van der Waals surface area contributed by atoms with Crippen molar-refractivity contribution in [1.29, 1.82) is 0 Å². The van der Waals surface area contributed by atoms with Crippen molar-refractivity contribution in [2.45, 2.75) is 50.4 Å². The van der Waals surface area contributed by atoms with Crippen molar-refractivity contribution in [1.82, 2.24) is 14.7 Å². The van der Waals surface area contributed by atoms with Gasteiger partial charge in [0.1, 0.15) is 11.9 Å². The minimum absolute atomic E-state index is 0.0559. The first kappa shape index (κ1) is 13.5. The van der Waals surface area contributed by atoms with Gasteiger partial charge in [0, 0.05) is 12.6 Å². The van der Waals surface area contributed by atoms with E-state index in [1.165, 1.54) is 17.7 Å². The zero-order chi connectivity index (χ0) is 14.1. The third-order valence-electron chi connectivity index (χ3n) is 4.36. The van der Waals surface area contributed by atoms with Crippen LogP contribution < -0.4 is 0 Å². The summed E-state index contributed by atoms with van der Waals surface area (Å²) in [6.45, 7) is -0.143. The molecular weight excluding hydrogens is 261 g/mol. The number of aromatic nitrogens is 2. The van der Waals surface area contributed by atoms with Gasteiger partial charge in [-0.15, -0.1) is 0 Å². The van der Waals surface area contributed by atoms with Crippen LogP contribution in [0.25, 0.3) is 0 Å². The molecule has 6 heteroatoms. The summed E-state index contributed by atoms with van der Waals surface area (Å²) in [4.78, 5) is 13.8. The van der Waals surface area contributed by atoms with Crippen LogP contribution in [0.15, 0.2) is 12.3 Å². The van der Waals surface area contributed by atoms with Gasteiger partial charge in [-0.2, -0.15) is 5.10 Å². The molecule has 2 aliphatic rings. The van der Waals surface area contributed by atoms with E-state index in [1.807, 2.05) is 10.9 Å². The number of aliphatic hydroxyl groups excluding tert-OH is 1. The number of alkyl halides is 1. The molecule has 5 nitrogen and oxygen atoms in total. The molecule has 0 bridgehead atoms. The summed E-state index contributed by atoms with van der Waals surface area (Å²) in [6.07, 6.45) is 5.61. The Balaban J connectivity index is 1.73. The molecule has 20 heavy (non-hydrogen) atoms. The Morgan fingerprint density at radius 1 is 1.45 bits per heavy atom. The van der Waals surface area contributed by atoms with Crippen LogP contribution in [0.3, 0.4) is 0 Å². The van der Waals surface area contributed by atoms with E-state index in [4.69, 9.17) is 0 Å². The number of likely N-dealkylation sites (tertiary alicyclic amines) is 1. The van der Waals surface area contributed by atoms with Crippen molar-refractivity contribution in [3.8, 4) is 0 Å². The highest BCUT2D eigenvalue weighted by atomic mass is 19.1. The molecule has 1 amide bonds. The molecule has 1 saturated carbocycles. The minimum atomic E-state index is -1.05. The van der Waals surface area contributed by atoms with Crippen molar-refractivity contribution < 1.29 is 14.3 Å². The summed E-state index contributed by atoms with van der Waals surface area (Å²) in [7, 11) is 0. The van der Waals surface area contributed by atoms with E-state index >= 15 is 0 Å². The largest absolute Gasteiger partial charge is 0.394 e. The second kappa shape index (κ2) is 5.52. The summed E-state index contributed by atoms with van der Waals surface area (Å²) in [6, 6.07) is 1.66. The lowest BCUT2D eigenvalue weighted by molar-refractivity contribution is 0.0665. The number of nitrogens with zero attached hydrogens (tertiary/aromatic N) is 3. The molecule has 0 radical (unpaired) electrons. The Morgan fingerprint density at radius 2 is 2.20 bits per heavy atom. The number of amides is 1. The standard InChI is InChI=1S/C14H20FN3O2/c15-10-7-12(9-19)17(8-10)14(20)13-5-6-18(16-13)11-3-1-2-4-11/h5-6,10-12,19H,1-4,7-9H2/t10-,12-/m0/s1. The van der Waals surface area contributed by atoms with Crippen molar-refractivity contribution >= 4 is 5.91 Å². The molecule has 2 heterocycles. The highest BCUT2D eigenvalue weighted by Crippen LogP contribution is 2.29. The van der Waals surface area contributed by atoms with E-state index in [0.717, 1.165) is 12.8 Å². The van der Waals surface area contributed by atoms with Gasteiger partial charge in [-0.25, -0.2) is 4.39 Å². The van der Waals surface area contributed by atoms with E-state index in [-0.39, 0.29) is 25.5 Å². The maximum Gasteiger partial charge on any atom is 0.274 e. The SMILES string of the molecule is O=C(c1ccn(C2CCCC2)n1)N1C[C@@H](F)C[C@H]1CO. The van der Waals surface area contributed by atoms with Gasteiger partial charge in [0.15, 0.2) is 0 Å². The first-order valence-electron chi connectivity index (χ1n) is 7.30. The van der Waals surface area contributed by atoms with Crippen molar-refractivity contribution in [3.63, 3.8) is 0 Å². The van der Waals surface area contributed by atoms with Gasteiger partial charge < -0.3 is 10.0 Å². The summed E-state index contributed by atoms with van der Waals surface area (Å²) in [5.41, 5.74) is 0.351. The van der Waals surface area contributed by atoms with Crippen LogP contribution in [0.1, 0.15) is 48.6 Å². The van der Waals surface area contributed by atoms with Gasteiger partial charge in [-0.3, -0.25) is 9.48 Å². The zero-order valence-electron chi connectivity index (χ0n) is 11.4. The van der Waals surface area contributed by atoms with Crippen LogP contribution in [0, 0.1) is 0 Å². The predicted octanol–water partition coefficient (Wildman–Crippen LogP) is 1.54. The van der Waals surface area contributed by atoms with E-state index in [2.05, 4.69) is 5.10 Å². The van der Waals surface area contributed by atoms with Gasteiger partial charge in [-0.05, 0) is 18.9 Å². The third-order valence-corrected chi connectivity index (χ3v) is 4.36. The van der Waals surface area contributed by atoms with Crippen LogP contribution in [0.5, 0.6) is 0 Å². The van der Waals surface area contributed by atoms with Gasteiger partial charge in [-0.1, -0.05) is 12.8 Å². The van der Waals surface area contributed by atoms with E-state index in [9.17, 15) is 14.3 Å². The zero-order valence-corrected chi connectivity index (χ0v) is 11.4. The van der Waals surface area contributed by atoms with E-state index < -0.39 is 12.2 Å². The Kier molecular flexibility index (Phi) is 3.74. The Labute approximate surface area is 117 Å². The average molecular weight is 281 g/mol. The second-order valence-electron chi connectivity index (χ2n) is 5.75. The van der Waals surface area contributed by atoms with Gasteiger partial charge >= 0.3 is 0 Å². The Bertz CT molecular complexity index is 485. The molecule has 1 aliphatic heterocycles. The third kappa shape index (κ3) is 2.44. The molecule has 110 valence electrons. The minimum Gasteiger partial charge on any atom is -0.394 e. The quantitative estimate of drug-likeness (QED) is 0.914. The molecule has 1 aromatic heterocycles. The second-order valence-corrected chi connectivity index (χ2v) is 5.75. The van der Waals surface area contributed by atoms with E-state index in [1.54, 1.807) is 6.07 Å². The fourth-order valence-electron chi connectivity index (χ4n) is 3.25. The fourth-order valence-corrected chi connectivity index (χ4v) is 3.25. The molecule has 0 aromatic carbocycles. The normalized spacial score (nSPS) is 27.4. The molecule has 1 N–H and O–H groups in total. The maximum atomic E-state index is 13.4. The molecule has 1 saturated heterocycles. The van der Waals surface area contributed by atoms with Crippen molar-refractivity contribution in [2.75, 3.05) is 13.2 Å². The van der Waals surface area contributed by atoms with E-state index in [0.29, 0.717) is 11.7 Å². The summed E-state index contributed by atoms with van der Waals surface area (Å²) in [5, 5.41) is 13.6. The number of carbonyl (C=O) groups excluding carboxylic acids is 1. The lowest BCUT2D eigenvalue weighted by Gasteiger charge is -2.21. The molecule has 0 unspecified atom stereocenters. The lowest BCUT2D eigenvalue weighted by Crippen LogP contribution is -2.38. The monoisotopic (exact) mass is 281 g/mol. The number of aliphatic hydroxyl groups is 1. The molecule has 1 aliphatic carbocycles. The molecule has 2 fully saturated rings. The fraction of sp³-hybridized carbons (Fsp3) is 0.714. The smallest absolute Gasteiger partial charge is 0.274 e.